The third-order valence-corrected chi connectivity index (χ3v) is 8.79. The number of thiophene rings is 1. The molecule has 1 aliphatic rings. The van der Waals surface area contributed by atoms with E-state index in [-0.39, 0.29) is 12.6 Å². The van der Waals surface area contributed by atoms with Gasteiger partial charge >= 0.3 is 11.8 Å². The normalized spacial score (nSPS) is 17.3. The van der Waals surface area contributed by atoms with E-state index in [1.807, 2.05) is 12.1 Å². The number of amides is 2. The van der Waals surface area contributed by atoms with Gasteiger partial charge < -0.3 is 10.6 Å². The number of nitrogens with zero attached hydrogens (tertiary/aromatic N) is 1. The number of sulfonamides is 1. The Morgan fingerprint density at radius 2 is 1.77 bits per heavy atom. The zero-order chi connectivity index (χ0) is 22.3. The summed E-state index contributed by atoms with van der Waals surface area (Å²) in [4.78, 5) is 24.1. The first-order valence-electron chi connectivity index (χ1n) is 10.2. The van der Waals surface area contributed by atoms with Crippen molar-refractivity contribution in [2.24, 2.45) is 0 Å². The van der Waals surface area contributed by atoms with Crippen LogP contribution in [0.3, 0.4) is 0 Å². The van der Waals surface area contributed by atoms with Gasteiger partial charge in [0.25, 0.3) is 10.0 Å². The van der Waals surface area contributed by atoms with E-state index >= 15 is 0 Å². The number of nitrogens with one attached hydrogen (secondary N) is 2. The van der Waals surface area contributed by atoms with Crippen LogP contribution in [-0.2, 0) is 26.0 Å². The maximum atomic E-state index is 12.9. The number of hydrogen-bond acceptors (Lipinski definition) is 5. The van der Waals surface area contributed by atoms with Crippen molar-refractivity contribution in [1.29, 1.82) is 0 Å². The van der Waals surface area contributed by atoms with Crippen LogP contribution in [0.15, 0.2) is 46.0 Å². The smallest absolute Gasteiger partial charge is 0.309 e. The van der Waals surface area contributed by atoms with Gasteiger partial charge in [-0.2, -0.15) is 4.31 Å². The van der Waals surface area contributed by atoms with E-state index in [1.165, 1.54) is 11.3 Å². The summed E-state index contributed by atoms with van der Waals surface area (Å²) >= 11 is 7.05. The van der Waals surface area contributed by atoms with Gasteiger partial charge in [0.15, 0.2) is 0 Å². The van der Waals surface area contributed by atoms with Gasteiger partial charge in [0.05, 0.1) is 0 Å². The van der Waals surface area contributed by atoms with E-state index in [1.54, 1.807) is 34.0 Å². The Morgan fingerprint density at radius 1 is 1.06 bits per heavy atom. The highest BCUT2D eigenvalue weighted by molar-refractivity contribution is 7.91. The summed E-state index contributed by atoms with van der Waals surface area (Å²) in [5.74, 6) is -1.40. The molecule has 0 bridgehead atoms. The van der Waals surface area contributed by atoms with Crippen molar-refractivity contribution in [3.8, 4) is 0 Å². The summed E-state index contributed by atoms with van der Waals surface area (Å²) in [5.41, 5.74) is 1.01. The van der Waals surface area contributed by atoms with Gasteiger partial charge in [-0.05, 0) is 54.8 Å². The van der Waals surface area contributed by atoms with Crippen LogP contribution in [0.5, 0.6) is 0 Å². The second-order valence-corrected chi connectivity index (χ2v) is 10.9. The molecule has 7 nitrogen and oxygen atoms in total. The number of carbonyl (C=O) groups is 2. The van der Waals surface area contributed by atoms with Crippen LogP contribution in [-0.4, -0.2) is 50.2 Å². The largest absolute Gasteiger partial charge is 0.348 e. The molecule has 3 rings (SSSR count). The lowest BCUT2D eigenvalue weighted by Crippen LogP contribution is -2.46. The molecule has 10 heteroatoms. The summed E-state index contributed by atoms with van der Waals surface area (Å²) in [5, 5.41) is 7.59. The molecule has 1 aromatic carbocycles. The van der Waals surface area contributed by atoms with Gasteiger partial charge in [-0.1, -0.05) is 36.2 Å². The molecule has 31 heavy (non-hydrogen) atoms. The predicted molar refractivity (Wildman–Crippen MR) is 122 cm³/mol. The number of rotatable bonds is 8. The highest BCUT2D eigenvalue weighted by Gasteiger charge is 2.33. The quantitative estimate of drug-likeness (QED) is 0.564. The number of carbonyl (C=O) groups excluding carboxylic acids is 2. The van der Waals surface area contributed by atoms with Crippen molar-refractivity contribution in [3.63, 3.8) is 0 Å². The van der Waals surface area contributed by atoms with Crippen LogP contribution >= 0.6 is 22.9 Å². The first-order valence-corrected chi connectivity index (χ1v) is 12.9. The highest BCUT2D eigenvalue weighted by atomic mass is 35.5. The lowest BCUT2D eigenvalue weighted by Gasteiger charge is -2.34. The van der Waals surface area contributed by atoms with E-state index in [9.17, 15) is 18.0 Å². The van der Waals surface area contributed by atoms with Crippen molar-refractivity contribution >= 4 is 44.8 Å². The minimum Gasteiger partial charge on any atom is -0.348 e. The zero-order valence-electron chi connectivity index (χ0n) is 17.1. The van der Waals surface area contributed by atoms with Crippen LogP contribution in [0.25, 0.3) is 0 Å². The molecule has 0 radical (unpaired) electrons. The first kappa shape index (κ1) is 23.7. The topological polar surface area (TPSA) is 95.6 Å². The summed E-state index contributed by atoms with van der Waals surface area (Å²) in [7, 11) is -3.52. The summed E-state index contributed by atoms with van der Waals surface area (Å²) < 4.78 is 27.7. The molecule has 1 fully saturated rings. The molecule has 2 aromatic rings. The van der Waals surface area contributed by atoms with Crippen molar-refractivity contribution < 1.29 is 18.0 Å². The lowest BCUT2D eigenvalue weighted by molar-refractivity contribution is -0.139. The van der Waals surface area contributed by atoms with Gasteiger partial charge in [0.1, 0.15) is 4.21 Å². The molecular formula is C21H26ClN3O4S2. The predicted octanol–water partition coefficient (Wildman–Crippen LogP) is 2.81. The van der Waals surface area contributed by atoms with E-state index in [4.69, 9.17) is 11.6 Å². The number of halogens is 1. The monoisotopic (exact) mass is 483 g/mol. The summed E-state index contributed by atoms with van der Waals surface area (Å²) in [6, 6.07) is 10.4. The van der Waals surface area contributed by atoms with E-state index in [2.05, 4.69) is 10.6 Å². The maximum Gasteiger partial charge on any atom is 0.309 e. The fraction of sp³-hybridized carbons (Fsp3) is 0.429. The zero-order valence-corrected chi connectivity index (χ0v) is 19.4. The Labute approximate surface area is 191 Å². The molecule has 0 saturated carbocycles. The highest BCUT2D eigenvalue weighted by Crippen LogP contribution is 2.29. The molecule has 2 N–H and O–H groups in total. The van der Waals surface area contributed by atoms with Crippen molar-refractivity contribution in [1.82, 2.24) is 14.9 Å². The van der Waals surface area contributed by atoms with E-state index in [0.717, 1.165) is 24.8 Å². The maximum absolute atomic E-state index is 12.9. The molecule has 0 unspecified atom stereocenters. The van der Waals surface area contributed by atoms with Crippen molar-refractivity contribution in [2.75, 3.05) is 19.6 Å². The van der Waals surface area contributed by atoms with Crippen LogP contribution < -0.4 is 10.6 Å². The number of piperidine rings is 1. The van der Waals surface area contributed by atoms with Crippen LogP contribution in [0.4, 0.5) is 0 Å². The average Bonchev–Trinajstić information content (AvgIpc) is 3.31. The summed E-state index contributed by atoms with van der Waals surface area (Å²) in [6.45, 7) is 1.05. The van der Waals surface area contributed by atoms with Gasteiger partial charge in [-0.25, -0.2) is 8.42 Å². The molecule has 2 amide bonds. The summed E-state index contributed by atoms with van der Waals surface area (Å²) in [6.07, 6.45) is 3.57. The molecule has 1 aliphatic heterocycles. The molecule has 1 saturated heterocycles. The Bertz CT molecular complexity index is 979. The number of hydrogen-bond donors (Lipinski definition) is 2. The molecule has 168 valence electrons. The SMILES string of the molecule is O=C(NCCc1ccc(Cl)cc1)C(=O)NCC[C@H]1CCCCN1S(=O)(=O)c1cccs1. The lowest BCUT2D eigenvalue weighted by atomic mass is 10.0. The van der Waals surface area contributed by atoms with E-state index < -0.39 is 21.8 Å². The molecule has 1 aromatic heterocycles. The molecular weight excluding hydrogens is 458 g/mol. The fourth-order valence-corrected chi connectivity index (χ4v) is 6.56. The Balaban J connectivity index is 1.44. The van der Waals surface area contributed by atoms with E-state index in [0.29, 0.717) is 35.2 Å². The minimum absolute atomic E-state index is 0.186. The van der Waals surface area contributed by atoms with Gasteiger partial charge in [0, 0.05) is 30.7 Å². The third-order valence-electron chi connectivity index (χ3n) is 5.21. The van der Waals surface area contributed by atoms with Crippen LogP contribution in [0.2, 0.25) is 5.02 Å². The minimum atomic E-state index is -3.52. The Hall–Kier alpha value is -1.94. The Morgan fingerprint density at radius 3 is 2.45 bits per heavy atom. The van der Waals surface area contributed by atoms with Crippen molar-refractivity contribution in [3.05, 3.63) is 52.4 Å². The Kier molecular flexibility index (Phi) is 8.48. The van der Waals surface area contributed by atoms with Crippen molar-refractivity contribution in [2.45, 2.75) is 42.4 Å². The third kappa shape index (κ3) is 6.52. The molecule has 0 aliphatic carbocycles. The number of benzene rings is 1. The second-order valence-electron chi connectivity index (χ2n) is 7.37. The average molecular weight is 484 g/mol. The van der Waals surface area contributed by atoms with Gasteiger partial charge in [0.2, 0.25) is 0 Å². The fourth-order valence-electron chi connectivity index (χ4n) is 3.59. The molecule has 2 heterocycles. The van der Waals surface area contributed by atoms with Crippen LogP contribution in [0.1, 0.15) is 31.2 Å². The van der Waals surface area contributed by atoms with Gasteiger partial charge in [-0.3, -0.25) is 9.59 Å². The molecule has 1 atom stereocenters. The molecule has 0 spiro atoms. The van der Waals surface area contributed by atoms with Crippen LogP contribution in [0, 0.1) is 0 Å². The van der Waals surface area contributed by atoms with Gasteiger partial charge in [-0.15, -0.1) is 11.3 Å². The first-order chi connectivity index (χ1) is 14.9. The standard InChI is InChI=1S/C21H26ClN3O4S2/c22-17-8-6-16(7-9-17)10-12-23-20(26)21(27)24-13-11-18-4-1-2-14-25(18)31(28,29)19-5-3-15-30-19/h3,5-9,15,18H,1-2,4,10-14H2,(H,23,26)(H,24,27)/t18-/m1/s1. The second kappa shape index (κ2) is 11.1.